The van der Waals surface area contributed by atoms with Gasteiger partial charge in [0, 0.05) is 18.6 Å². The average Bonchev–Trinajstić information content (AvgIpc) is 2.69. The number of methoxy groups -OCH3 is 1. The lowest BCUT2D eigenvalue weighted by molar-refractivity contribution is -0.114. The van der Waals surface area contributed by atoms with Crippen LogP contribution in [0.15, 0.2) is 36.4 Å². The van der Waals surface area contributed by atoms with Gasteiger partial charge in [0.1, 0.15) is 17.1 Å². The van der Waals surface area contributed by atoms with Crippen molar-refractivity contribution in [3.63, 3.8) is 0 Å². The van der Waals surface area contributed by atoms with Crippen LogP contribution < -0.4 is 15.4 Å². The fourth-order valence-corrected chi connectivity index (χ4v) is 2.49. The minimum absolute atomic E-state index is 0.104. The van der Waals surface area contributed by atoms with Crippen LogP contribution in [0.4, 0.5) is 15.8 Å². The van der Waals surface area contributed by atoms with Crippen LogP contribution in [0.3, 0.4) is 0 Å². The maximum absolute atomic E-state index is 13.1. The van der Waals surface area contributed by atoms with E-state index in [0.29, 0.717) is 6.61 Å². The number of hydrogen-bond acceptors (Lipinski definition) is 5. The highest BCUT2D eigenvalue weighted by molar-refractivity contribution is 6.08. The summed E-state index contributed by atoms with van der Waals surface area (Å²) in [5, 5.41) is 5.23. The molecule has 0 spiro atoms. The molecule has 0 heterocycles. The van der Waals surface area contributed by atoms with Gasteiger partial charge in [-0.3, -0.25) is 9.59 Å². The van der Waals surface area contributed by atoms with E-state index < -0.39 is 17.7 Å². The molecule has 0 radical (unpaired) electrons. The Hall–Kier alpha value is -3.42. The molecule has 7 nitrogen and oxygen atoms in total. The molecule has 2 amide bonds. The van der Waals surface area contributed by atoms with Crippen LogP contribution in [0.5, 0.6) is 5.75 Å². The van der Waals surface area contributed by atoms with Gasteiger partial charge in [0.25, 0.3) is 5.91 Å². The zero-order valence-electron chi connectivity index (χ0n) is 16.5. The molecule has 0 saturated carbocycles. The minimum Gasteiger partial charge on any atom is -0.493 e. The molecule has 0 fully saturated rings. The van der Waals surface area contributed by atoms with E-state index in [9.17, 15) is 18.8 Å². The van der Waals surface area contributed by atoms with Gasteiger partial charge in [0.2, 0.25) is 5.91 Å². The Balaban J connectivity index is 2.43. The summed E-state index contributed by atoms with van der Waals surface area (Å²) < 4.78 is 23.6. The summed E-state index contributed by atoms with van der Waals surface area (Å²) >= 11 is 0. The molecule has 0 bridgehead atoms. The van der Waals surface area contributed by atoms with Crippen molar-refractivity contribution in [3.8, 4) is 5.75 Å². The van der Waals surface area contributed by atoms with E-state index in [4.69, 9.17) is 9.47 Å². The molecule has 0 unspecified atom stereocenters. The standard InChI is InChI=1S/C21H23FN2O5/c1-4-5-10-29-19-12-18(23-13(2)25)17(11-16(19)21(27)28-3)24-20(26)14-6-8-15(22)9-7-14/h6-9,11-12H,4-5,10H2,1-3H3,(H,23,25)(H,24,26). The van der Waals surface area contributed by atoms with Crippen LogP contribution in [0.1, 0.15) is 47.4 Å². The van der Waals surface area contributed by atoms with Gasteiger partial charge in [-0.25, -0.2) is 9.18 Å². The van der Waals surface area contributed by atoms with Crippen molar-refractivity contribution < 1.29 is 28.2 Å². The Morgan fingerprint density at radius 2 is 1.69 bits per heavy atom. The summed E-state index contributed by atoms with van der Waals surface area (Å²) in [6, 6.07) is 7.81. The first-order valence-electron chi connectivity index (χ1n) is 9.09. The van der Waals surface area contributed by atoms with Gasteiger partial charge < -0.3 is 20.1 Å². The number of hydrogen-bond donors (Lipinski definition) is 2. The predicted molar refractivity (Wildman–Crippen MR) is 107 cm³/mol. The first-order valence-corrected chi connectivity index (χ1v) is 9.09. The fourth-order valence-electron chi connectivity index (χ4n) is 2.49. The van der Waals surface area contributed by atoms with Gasteiger partial charge in [0.05, 0.1) is 25.1 Å². The van der Waals surface area contributed by atoms with Crippen LogP contribution >= 0.6 is 0 Å². The van der Waals surface area contributed by atoms with Crippen molar-refractivity contribution in [2.45, 2.75) is 26.7 Å². The molecule has 8 heteroatoms. The number of unbranched alkanes of at least 4 members (excludes halogenated alkanes) is 1. The molecule has 0 saturated heterocycles. The predicted octanol–water partition coefficient (Wildman–Crippen LogP) is 4.00. The Morgan fingerprint density at radius 3 is 2.28 bits per heavy atom. The largest absolute Gasteiger partial charge is 0.493 e. The van der Waals surface area contributed by atoms with Crippen molar-refractivity contribution in [2.75, 3.05) is 24.4 Å². The van der Waals surface area contributed by atoms with Crippen LogP contribution in [0, 0.1) is 5.82 Å². The third-order valence-corrected chi connectivity index (χ3v) is 3.95. The Bertz CT molecular complexity index is 897. The zero-order valence-corrected chi connectivity index (χ0v) is 16.5. The average molecular weight is 402 g/mol. The molecule has 0 aliphatic rings. The molecule has 0 aliphatic carbocycles. The van der Waals surface area contributed by atoms with E-state index >= 15 is 0 Å². The molecule has 0 aromatic heterocycles. The lowest BCUT2D eigenvalue weighted by Gasteiger charge is -2.17. The highest BCUT2D eigenvalue weighted by Gasteiger charge is 2.20. The number of carbonyl (C=O) groups excluding carboxylic acids is 3. The third kappa shape index (κ3) is 6.03. The number of carbonyl (C=O) groups is 3. The maximum atomic E-state index is 13.1. The molecule has 154 valence electrons. The van der Waals surface area contributed by atoms with Crippen LogP contribution in [0.2, 0.25) is 0 Å². The molecule has 2 aromatic carbocycles. The number of anilines is 2. The second-order valence-electron chi connectivity index (χ2n) is 6.23. The van der Waals surface area contributed by atoms with Crippen molar-refractivity contribution in [2.24, 2.45) is 0 Å². The summed E-state index contributed by atoms with van der Waals surface area (Å²) in [6.07, 6.45) is 1.68. The van der Waals surface area contributed by atoms with Crippen molar-refractivity contribution >= 4 is 29.2 Å². The van der Waals surface area contributed by atoms with E-state index in [0.717, 1.165) is 25.0 Å². The monoisotopic (exact) mass is 402 g/mol. The van der Waals surface area contributed by atoms with Gasteiger partial charge in [-0.05, 0) is 36.8 Å². The van der Waals surface area contributed by atoms with Crippen LogP contribution in [-0.4, -0.2) is 31.5 Å². The highest BCUT2D eigenvalue weighted by atomic mass is 19.1. The number of nitrogens with one attached hydrogen (secondary N) is 2. The number of benzene rings is 2. The van der Waals surface area contributed by atoms with E-state index in [1.807, 2.05) is 6.92 Å². The second kappa shape index (κ2) is 10.2. The summed E-state index contributed by atoms with van der Waals surface area (Å²) in [4.78, 5) is 36.3. The number of halogens is 1. The molecule has 2 N–H and O–H groups in total. The van der Waals surface area contributed by atoms with Crippen molar-refractivity contribution in [1.29, 1.82) is 0 Å². The fraction of sp³-hybridized carbons (Fsp3) is 0.286. The van der Waals surface area contributed by atoms with Gasteiger partial charge in [0.15, 0.2) is 0 Å². The van der Waals surface area contributed by atoms with Gasteiger partial charge in [-0.15, -0.1) is 0 Å². The lowest BCUT2D eigenvalue weighted by Crippen LogP contribution is -2.17. The molecule has 0 aliphatic heterocycles. The normalized spacial score (nSPS) is 10.2. The summed E-state index contributed by atoms with van der Waals surface area (Å²) in [5.74, 6) is -1.79. The first-order chi connectivity index (χ1) is 13.8. The van der Waals surface area contributed by atoms with Gasteiger partial charge in [-0.1, -0.05) is 13.3 Å². The zero-order chi connectivity index (χ0) is 21.4. The SMILES string of the molecule is CCCCOc1cc(NC(C)=O)c(NC(=O)c2ccc(F)cc2)cc1C(=O)OC. The molecular weight excluding hydrogens is 379 g/mol. The van der Waals surface area contributed by atoms with Crippen molar-refractivity contribution in [3.05, 3.63) is 53.3 Å². The molecule has 2 aromatic rings. The maximum Gasteiger partial charge on any atom is 0.341 e. The van der Waals surface area contributed by atoms with E-state index in [2.05, 4.69) is 10.6 Å². The quantitative estimate of drug-likeness (QED) is 0.514. The number of ether oxygens (including phenoxy) is 2. The second-order valence-corrected chi connectivity index (χ2v) is 6.23. The topological polar surface area (TPSA) is 93.7 Å². The minimum atomic E-state index is -0.650. The highest BCUT2D eigenvalue weighted by Crippen LogP contribution is 2.32. The lowest BCUT2D eigenvalue weighted by atomic mass is 10.1. The molecule has 2 rings (SSSR count). The number of rotatable bonds is 8. The van der Waals surface area contributed by atoms with E-state index in [-0.39, 0.29) is 34.2 Å². The van der Waals surface area contributed by atoms with Gasteiger partial charge >= 0.3 is 5.97 Å². The Morgan fingerprint density at radius 1 is 1.03 bits per heavy atom. The number of esters is 1. The molecular formula is C21H23FN2O5. The van der Waals surface area contributed by atoms with Crippen LogP contribution in [0.25, 0.3) is 0 Å². The van der Waals surface area contributed by atoms with Crippen LogP contribution in [-0.2, 0) is 9.53 Å². The summed E-state index contributed by atoms with van der Waals surface area (Å²) in [7, 11) is 1.23. The Kier molecular flexibility index (Phi) is 7.70. The first kappa shape index (κ1) is 21.9. The summed E-state index contributed by atoms with van der Waals surface area (Å²) in [6.45, 7) is 3.69. The third-order valence-electron chi connectivity index (χ3n) is 3.95. The van der Waals surface area contributed by atoms with E-state index in [1.165, 1.54) is 38.3 Å². The van der Waals surface area contributed by atoms with Gasteiger partial charge in [-0.2, -0.15) is 0 Å². The number of amides is 2. The smallest absolute Gasteiger partial charge is 0.341 e. The van der Waals surface area contributed by atoms with Crippen molar-refractivity contribution in [1.82, 2.24) is 0 Å². The van der Waals surface area contributed by atoms with E-state index in [1.54, 1.807) is 0 Å². The molecule has 0 atom stereocenters. The summed E-state index contributed by atoms with van der Waals surface area (Å²) in [5.41, 5.74) is 0.750. The Labute approximate surface area is 168 Å². The molecule has 29 heavy (non-hydrogen) atoms.